The van der Waals surface area contributed by atoms with E-state index >= 15 is 0 Å². The zero-order chi connectivity index (χ0) is 13.5. The predicted octanol–water partition coefficient (Wildman–Crippen LogP) is 1.63. The van der Waals surface area contributed by atoms with Gasteiger partial charge in [-0.3, -0.25) is 4.79 Å². The topological polar surface area (TPSA) is 87.7 Å². The number of carbonyl (C=O) groups is 1. The minimum Gasteiger partial charge on any atom is -0.409 e. The molecule has 0 spiro atoms. The van der Waals surface area contributed by atoms with Crippen LogP contribution in [0.15, 0.2) is 33.9 Å². The van der Waals surface area contributed by atoms with Crippen molar-refractivity contribution in [2.75, 3.05) is 0 Å². The van der Waals surface area contributed by atoms with E-state index in [1.807, 2.05) is 31.2 Å². The van der Waals surface area contributed by atoms with Gasteiger partial charge in [-0.15, -0.1) is 0 Å². The summed E-state index contributed by atoms with van der Waals surface area (Å²) in [5.74, 6) is -0.141. The van der Waals surface area contributed by atoms with Crippen LogP contribution >= 0.6 is 15.9 Å². The number of nitrogens with two attached hydrogens (primary N) is 1. The predicted molar refractivity (Wildman–Crippen MR) is 73.5 cm³/mol. The Kier molecular flexibility index (Phi) is 5.64. The maximum absolute atomic E-state index is 11.8. The van der Waals surface area contributed by atoms with Gasteiger partial charge in [-0.25, -0.2) is 0 Å². The molecule has 1 aromatic rings. The average molecular weight is 314 g/mol. The van der Waals surface area contributed by atoms with Crippen molar-refractivity contribution in [1.29, 1.82) is 0 Å². The third kappa shape index (κ3) is 4.37. The molecule has 0 bridgehead atoms. The number of nitrogens with one attached hydrogen (secondary N) is 1. The number of hydrogen-bond donors (Lipinski definition) is 3. The van der Waals surface area contributed by atoms with Gasteiger partial charge in [0.1, 0.15) is 0 Å². The molecule has 0 aliphatic heterocycles. The molecule has 1 rings (SSSR count). The van der Waals surface area contributed by atoms with Gasteiger partial charge in [0.25, 0.3) is 0 Å². The van der Waals surface area contributed by atoms with Crippen LogP contribution in [0.25, 0.3) is 0 Å². The lowest BCUT2D eigenvalue weighted by molar-refractivity contribution is -0.120. The third-order valence-electron chi connectivity index (χ3n) is 2.49. The third-order valence-corrected chi connectivity index (χ3v) is 3.02. The summed E-state index contributed by atoms with van der Waals surface area (Å²) in [5, 5.41) is 14.2. The van der Waals surface area contributed by atoms with Gasteiger partial charge in [0.15, 0.2) is 5.84 Å². The Labute approximate surface area is 114 Å². The highest BCUT2D eigenvalue weighted by molar-refractivity contribution is 9.10. The van der Waals surface area contributed by atoms with Crippen molar-refractivity contribution in [3.8, 4) is 0 Å². The van der Waals surface area contributed by atoms with Gasteiger partial charge >= 0.3 is 0 Å². The zero-order valence-corrected chi connectivity index (χ0v) is 11.6. The first-order valence-electron chi connectivity index (χ1n) is 5.58. The lowest BCUT2D eigenvalue weighted by atomic mass is 10.1. The largest absolute Gasteiger partial charge is 0.409 e. The van der Waals surface area contributed by atoms with Crippen molar-refractivity contribution in [3.05, 3.63) is 34.3 Å². The highest BCUT2D eigenvalue weighted by Crippen LogP contribution is 2.10. The van der Waals surface area contributed by atoms with E-state index in [0.717, 1.165) is 10.0 Å². The summed E-state index contributed by atoms with van der Waals surface area (Å²) in [6.07, 6.45) is 0.838. The van der Waals surface area contributed by atoms with Gasteiger partial charge in [0.2, 0.25) is 5.91 Å². The molecule has 0 aliphatic carbocycles. The summed E-state index contributed by atoms with van der Waals surface area (Å²) in [7, 11) is 0. The maximum atomic E-state index is 11.8. The highest BCUT2D eigenvalue weighted by atomic mass is 79.9. The molecule has 0 saturated heterocycles. The number of amides is 1. The lowest BCUT2D eigenvalue weighted by Gasteiger charge is -2.15. The van der Waals surface area contributed by atoms with Crippen LogP contribution in [-0.2, 0) is 11.2 Å². The summed E-state index contributed by atoms with van der Waals surface area (Å²) in [6, 6.07) is 7.06. The molecular weight excluding hydrogens is 298 g/mol. The fraction of sp³-hybridized carbons (Fsp3) is 0.333. The van der Waals surface area contributed by atoms with E-state index in [1.165, 1.54) is 0 Å². The van der Waals surface area contributed by atoms with Gasteiger partial charge < -0.3 is 16.3 Å². The van der Waals surface area contributed by atoms with E-state index < -0.39 is 6.04 Å². The molecule has 1 amide bonds. The summed E-state index contributed by atoms with van der Waals surface area (Å²) in [4.78, 5) is 11.8. The van der Waals surface area contributed by atoms with Crippen molar-refractivity contribution in [1.82, 2.24) is 5.32 Å². The molecule has 5 nitrogen and oxygen atoms in total. The van der Waals surface area contributed by atoms with Gasteiger partial charge in [-0.2, -0.15) is 0 Å². The standard InChI is InChI=1S/C12H16BrN3O2/c1-2-10(12(14)16-18)15-11(17)7-8-3-5-9(13)6-4-8/h3-6,10,18H,2,7H2,1H3,(H2,14,16)(H,15,17). The SMILES string of the molecule is CCC(NC(=O)Cc1ccc(Br)cc1)/C(N)=N/O. The minimum absolute atomic E-state index is 0.0154. The van der Waals surface area contributed by atoms with Gasteiger partial charge in [-0.05, 0) is 24.1 Å². The Morgan fingerprint density at radius 3 is 2.61 bits per heavy atom. The second-order valence-corrected chi connectivity index (χ2v) is 4.77. The smallest absolute Gasteiger partial charge is 0.225 e. The van der Waals surface area contributed by atoms with Crippen molar-refractivity contribution >= 4 is 27.7 Å². The summed E-state index contributed by atoms with van der Waals surface area (Å²) < 4.78 is 0.967. The first-order chi connectivity index (χ1) is 8.56. The molecule has 1 unspecified atom stereocenters. The number of rotatable bonds is 5. The summed E-state index contributed by atoms with van der Waals surface area (Å²) in [5.41, 5.74) is 6.38. The molecule has 0 heterocycles. The monoisotopic (exact) mass is 313 g/mol. The molecule has 4 N–H and O–H groups in total. The first-order valence-corrected chi connectivity index (χ1v) is 6.37. The second-order valence-electron chi connectivity index (χ2n) is 3.86. The first kappa shape index (κ1) is 14.5. The highest BCUT2D eigenvalue weighted by Gasteiger charge is 2.14. The molecular formula is C12H16BrN3O2. The molecule has 0 aromatic heterocycles. The van der Waals surface area contributed by atoms with Gasteiger partial charge in [-0.1, -0.05) is 40.1 Å². The molecule has 0 fully saturated rings. The number of nitrogens with zero attached hydrogens (tertiary/aromatic N) is 1. The Morgan fingerprint density at radius 2 is 2.11 bits per heavy atom. The zero-order valence-electron chi connectivity index (χ0n) is 10.1. The maximum Gasteiger partial charge on any atom is 0.225 e. The molecule has 98 valence electrons. The van der Waals surface area contributed by atoms with Crippen LogP contribution in [0.3, 0.4) is 0 Å². The normalized spacial score (nSPS) is 13.1. The van der Waals surface area contributed by atoms with Gasteiger partial charge in [0, 0.05) is 4.47 Å². The molecule has 0 aliphatic rings. The summed E-state index contributed by atoms with van der Waals surface area (Å²) in [6.45, 7) is 1.85. The average Bonchev–Trinajstić information content (AvgIpc) is 2.37. The Bertz CT molecular complexity index is 431. The minimum atomic E-state index is -0.432. The lowest BCUT2D eigenvalue weighted by Crippen LogP contribution is -2.44. The van der Waals surface area contributed by atoms with Crippen LogP contribution < -0.4 is 11.1 Å². The van der Waals surface area contributed by atoms with Crippen LogP contribution in [0.5, 0.6) is 0 Å². The Morgan fingerprint density at radius 1 is 1.50 bits per heavy atom. The van der Waals surface area contributed by atoms with Crippen molar-refractivity contribution in [3.63, 3.8) is 0 Å². The van der Waals surface area contributed by atoms with Crippen molar-refractivity contribution in [2.24, 2.45) is 10.9 Å². The molecule has 0 radical (unpaired) electrons. The van der Waals surface area contributed by atoms with Crippen LogP contribution in [0.4, 0.5) is 0 Å². The number of amidine groups is 1. The number of halogens is 1. The number of hydrogen-bond acceptors (Lipinski definition) is 3. The van der Waals surface area contributed by atoms with Crippen molar-refractivity contribution < 1.29 is 10.0 Å². The molecule has 1 atom stereocenters. The molecule has 18 heavy (non-hydrogen) atoms. The number of benzene rings is 1. The quantitative estimate of drug-likeness (QED) is 0.334. The molecule has 1 aromatic carbocycles. The fourth-order valence-electron chi connectivity index (χ4n) is 1.49. The van der Waals surface area contributed by atoms with E-state index in [2.05, 4.69) is 26.4 Å². The second kappa shape index (κ2) is 7.00. The van der Waals surface area contributed by atoms with E-state index in [-0.39, 0.29) is 18.2 Å². The van der Waals surface area contributed by atoms with E-state index in [4.69, 9.17) is 10.9 Å². The Balaban J connectivity index is 2.58. The van der Waals surface area contributed by atoms with Crippen LogP contribution in [0.2, 0.25) is 0 Å². The van der Waals surface area contributed by atoms with Crippen LogP contribution in [-0.4, -0.2) is 23.0 Å². The van der Waals surface area contributed by atoms with Crippen LogP contribution in [0, 0.1) is 0 Å². The fourth-order valence-corrected chi connectivity index (χ4v) is 1.75. The van der Waals surface area contributed by atoms with Gasteiger partial charge in [0.05, 0.1) is 12.5 Å². The van der Waals surface area contributed by atoms with E-state index in [0.29, 0.717) is 6.42 Å². The number of carbonyl (C=O) groups excluding carboxylic acids is 1. The van der Waals surface area contributed by atoms with Crippen molar-refractivity contribution in [2.45, 2.75) is 25.8 Å². The van der Waals surface area contributed by atoms with Crippen LogP contribution in [0.1, 0.15) is 18.9 Å². The molecule has 0 saturated carbocycles. The molecule has 6 heteroatoms. The van der Waals surface area contributed by atoms with E-state index in [1.54, 1.807) is 0 Å². The number of oxime groups is 1. The van der Waals surface area contributed by atoms with E-state index in [9.17, 15) is 4.79 Å². The summed E-state index contributed by atoms with van der Waals surface area (Å²) >= 11 is 3.33. The Hall–Kier alpha value is -1.56.